The van der Waals surface area contributed by atoms with Crippen LogP contribution < -0.4 is 5.73 Å². The minimum absolute atomic E-state index is 0.151. The summed E-state index contributed by atoms with van der Waals surface area (Å²) in [7, 11) is 0. The van der Waals surface area contributed by atoms with Crippen LogP contribution >= 0.6 is 11.3 Å². The SMILES string of the molecule is Cc1cccc(-c2nnc(COC(=O)c3cc(C(N)=O)cs3)o2)c1. The molecule has 0 aliphatic carbocycles. The number of carbonyl (C=O) groups is 2. The lowest BCUT2D eigenvalue weighted by Crippen LogP contribution is -2.09. The third-order valence-electron chi connectivity index (χ3n) is 3.14. The number of thiophene rings is 1. The van der Waals surface area contributed by atoms with Gasteiger partial charge in [0, 0.05) is 10.9 Å². The first kappa shape index (κ1) is 15.9. The highest BCUT2D eigenvalue weighted by Crippen LogP contribution is 2.20. The quantitative estimate of drug-likeness (QED) is 0.713. The fourth-order valence-corrected chi connectivity index (χ4v) is 2.77. The molecule has 1 amide bonds. The summed E-state index contributed by atoms with van der Waals surface area (Å²) in [5.74, 6) is -0.628. The molecule has 2 heterocycles. The van der Waals surface area contributed by atoms with E-state index in [9.17, 15) is 9.59 Å². The predicted octanol–water partition coefficient (Wildman–Crippen LogP) is 2.56. The predicted molar refractivity (Wildman–Crippen MR) is 86.4 cm³/mol. The summed E-state index contributed by atoms with van der Waals surface area (Å²) in [5.41, 5.74) is 7.28. The van der Waals surface area contributed by atoms with E-state index in [-0.39, 0.29) is 22.9 Å². The Kier molecular flexibility index (Phi) is 4.39. The molecule has 1 aromatic carbocycles. The molecule has 0 atom stereocenters. The molecule has 0 fully saturated rings. The summed E-state index contributed by atoms with van der Waals surface area (Å²) in [6.45, 7) is 1.81. The van der Waals surface area contributed by atoms with E-state index in [0.29, 0.717) is 5.89 Å². The van der Waals surface area contributed by atoms with Crippen LogP contribution in [0.5, 0.6) is 0 Å². The molecular weight excluding hydrogens is 330 g/mol. The van der Waals surface area contributed by atoms with E-state index < -0.39 is 11.9 Å². The van der Waals surface area contributed by atoms with Crippen LogP contribution in [0.3, 0.4) is 0 Å². The van der Waals surface area contributed by atoms with Gasteiger partial charge in [0.15, 0.2) is 6.61 Å². The van der Waals surface area contributed by atoms with E-state index in [1.54, 1.807) is 0 Å². The zero-order chi connectivity index (χ0) is 17.1. The Labute approximate surface area is 141 Å². The molecule has 0 aliphatic rings. The minimum Gasteiger partial charge on any atom is -0.451 e. The van der Waals surface area contributed by atoms with Gasteiger partial charge in [-0.25, -0.2) is 4.79 Å². The van der Waals surface area contributed by atoms with Crippen molar-refractivity contribution in [3.63, 3.8) is 0 Å². The van der Waals surface area contributed by atoms with E-state index in [4.69, 9.17) is 14.9 Å². The van der Waals surface area contributed by atoms with E-state index >= 15 is 0 Å². The average Bonchev–Trinajstić information content (AvgIpc) is 3.22. The molecule has 3 aromatic rings. The van der Waals surface area contributed by atoms with E-state index in [1.807, 2.05) is 31.2 Å². The Bertz CT molecular complexity index is 900. The zero-order valence-corrected chi connectivity index (χ0v) is 13.5. The third kappa shape index (κ3) is 3.49. The summed E-state index contributed by atoms with van der Waals surface area (Å²) < 4.78 is 10.6. The molecule has 24 heavy (non-hydrogen) atoms. The second-order valence-corrected chi connectivity index (χ2v) is 5.92. The number of primary amides is 1. The van der Waals surface area contributed by atoms with Crippen LogP contribution in [0.4, 0.5) is 0 Å². The molecule has 0 bridgehead atoms. The first-order chi connectivity index (χ1) is 11.5. The van der Waals surface area contributed by atoms with Gasteiger partial charge in [0.25, 0.3) is 5.89 Å². The van der Waals surface area contributed by atoms with Gasteiger partial charge in [0.1, 0.15) is 4.88 Å². The van der Waals surface area contributed by atoms with Gasteiger partial charge in [-0.3, -0.25) is 4.79 Å². The number of esters is 1. The van der Waals surface area contributed by atoms with Crippen molar-refractivity contribution in [2.45, 2.75) is 13.5 Å². The largest absolute Gasteiger partial charge is 0.451 e. The van der Waals surface area contributed by atoms with Crippen molar-refractivity contribution in [3.05, 3.63) is 57.6 Å². The van der Waals surface area contributed by atoms with E-state index in [1.165, 1.54) is 11.4 Å². The fraction of sp³-hybridized carbons (Fsp3) is 0.125. The van der Waals surface area contributed by atoms with Crippen LogP contribution in [0.2, 0.25) is 0 Å². The highest BCUT2D eigenvalue weighted by Gasteiger charge is 2.15. The Morgan fingerprint density at radius 2 is 2.12 bits per heavy atom. The molecule has 2 N–H and O–H groups in total. The van der Waals surface area contributed by atoms with E-state index in [0.717, 1.165) is 22.5 Å². The van der Waals surface area contributed by atoms with Crippen LogP contribution in [0.25, 0.3) is 11.5 Å². The second kappa shape index (κ2) is 6.63. The number of benzene rings is 1. The molecule has 7 nitrogen and oxygen atoms in total. The van der Waals surface area contributed by atoms with Crippen molar-refractivity contribution in [2.75, 3.05) is 0 Å². The lowest BCUT2D eigenvalue weighted by Gasteiger charge is -1.99. The first-order valence-corrected chi connectivity index (χ1v) is 7.86. The Morgan fingerprint density at radius 3 is 2.83 bits per heavy atom. The highest BCUT2D eigenvalue weighted by molar-refractivity contribution is 7.12. The highest BCUT2D eigenvalue weighted by atomic mass is 32.1. The van der Waals surface area contributed by atoms with Crippen molar-refractivity contribution in [1.82, 2.24) is 10.2 Å². The summed E-state index contributed by atoms with van der Waals surface area (Å²) in [5, 5.41) is 9.30. The molecule has 0 spiro atoms. The van der Waals surface area contributed by atoms with Gasteiger partial charge >= 0.3 is 5.97 Å². The average molecular weight is 343 g/mol. The molecular formula is C16H13N3O4S. The monoisotopic (exact) mass is 343 g/mol. The van der Waals surface area contributed by atoms with Gasteiger partial charge in [-0.15, -0.1) is 21.5 Å². The Hall–Kier alpha value is -3.00. The molecule has 122 valence electrons. The number of nitrogens with zero attached hydrogens (tertiary/aromatic N) is 2. The summed E-state index contributed by atoms with van der Waals surface area (Å²) in [6.07, 6.45) is 0. The van der Waals surface area contributed by atoms with Gasteiger partial charge < -0.3 is 14.9 Å². The molecule has 0 aliphatic heterocycles. The molecule has 0 saturated carbocycles. The Morgan fingerprint density at radius 1 is 1.29 bits per heavy atom. The van der Waals surface area contributed by atoms with Crippen molar-refractivity contribution in [1.29, 1.82) is 0 Å². The van der Waals surface area contributed by atoms with Crippen LogP contribution in [-0.4, -0.2) is 22.1 Å². The summed E-state index contributed by atoms with van der Waals surface area (Å²) in [6, 6.07) is 9.01. The van der Waals surface area contributed by atoms with Crippen LogP contribution in [0.15, 0.2) is 40.1 Å². The number of aromatic nitrogens is 2. The van der Waals surface area contributed by atoms with Gasteiger partial charge in [0.2, 0.25) is 11.8 Å². The first-order valence-electron chi connectivity index (χ1n) is 6.98. The van der Waals surface area contributed by atoms with Gasteiger partial charge in [-0.05, 0) is 25.1 Å². The smallest absolute Gasteiger partial charge is 0.348 e. The third-order valence-corrected chi connectivity index (χ3v) is 4.05. The molecule has 0 unspecified atom stereocenters. The zero-order valence-electron chi connectivity index (χ0n) is 12.7. The molecule has 0 radical (unpaired) electrons. The number of amides is 1. The van der Waals surface area contributed by atoms with Gasteiger partial charge in [-0.1, -0.05) is 17.7 Å². The van der Waals surface area contributed by atoms with Crippen molar-refractivity contribution >= 4 is 23.2 Å². The van der Waals surface area contributed by atoms with E-state index in [2.05, 4.69) is 10.2 Å². The fourth-order valence-electron chi connectivity index (χ4n) is 1.98. The summed E-state index contributed by atoms with van der Waals surface area (Å²) >= 11 is 1.08. The number of rotatable bonds is 5. The lowest BCUT2D eigenvalue weighted by atomic mass is 10.1. The van der Waals surface area contributed by atoms with Crippen molar-refractivity contribution < 1.29 is 18.7 Å². The molecule has 3 rings (SSSR count). The minimum atomic E-state index is -0.593. The van der Waals surface area contributed by atoms with Gasteiger partial charge in [0.05, 0.1) is 5.56 Å². The molecule has 2 aromatic heterocycles. The number of hydrogen-bond acceptors (Lipinski definition) is 7. The number of carbonyl (C=O) groups excluding carboxylic acids is 2. The number of nitrogens with two attached hydrogens (primary N) is 1. The normalized spacial score (nSPS) is 10.5. The van der Waals surface area contributed by atoms with Crippen LogP contribution in [-0.2, 0) is 11.3 Å². The van der Waals surface area contributed by atoms with Gasteiger partial charge in [-0.2, -0.15) is 0 Å². The molecule has 0 saturated heterocycles. The van der Waals surface area contributed by atoms with Crippen molar-refractivity contribution in [2.24, 2.45) is 5.73 Å². The maximum atomic E-state index is 11.9. The Balaban J connectivity index is 1.64. The maximum Gasteiger partial charge on any atom is 0.348 e. The number of ether oxygens (including phenoxy) is 1. The maximum absolute atomic E-state index is 11.9. The lowest BCUT2D eigenvalue weighted by molar-refractivity contribution is 0.0444. The standard InChI is InChI=1S/C16H13N3O4S/c1-9-3-2-4-10(5-9)15-19-18-13(23-15)7-22-16(21)12-6-11(8-24-12)14(17)20/h2-6,8H,7H2,1H3,(H2,17,20). The number of aryl methyl sites for hydroxylation is 1. The molecule has 8 heteroatoms. The topological polar surface area (TPSA) is 108 Å². The summed E-state index contributed by atoms with van der Waals surface area (Å²) in [4.78, 5) is 23.2. The van der Waals surface area contributed by atoms with Crippen LogP contribution in [0.1, 0.15) is 31.5 Å². The van der Waals surface area contributed by atoms with Crippen LogP contribution in [0, 0.1) is 6.92 Å². The second-order valence-electron chi connectivity index (χ2n) is 5.01. The van der Waals surface area contributed by atoms with Crippen molar-refractivity contribution in [3.8, 4) is 11.5 Å². The number of hydrogen-bond donors (Lipinski definition) is 1.